The molecule has 0 atom stereocenters. The van der Waals surface area contributed by atoms with Crippen LogP contribution in [0.3, 0.4) is 0 Å². The molecule has 0 radical (unpaired) electrons. The van der Waals surface area contributed by atoms with Gasteiger partial charge in [0, 0.05) is 43.4 Å². The van der Waals surface area contributed by atoms with E-state index in [1.807, 2.05) is 24.3 Å². The quantitative estimate of drug-likeness (QED) is 0.894. The van der Waals surface area contributed by atoms with E-state index in [4.69, 9.17) is 16.3 Å². The molecule has 2 aliphatic heterocycles. The van der Waals surface area contributed by atoms with Gasteiger partial charge in [-0.3, -0.25) is 4.79 Å². The SMILES string of the molecule is O=C(NC1CCN(C2CC2)CC1)C1(c2ccccc2Cl)CCOCC1. The van der Waals surface area contributed by atoms with Crippen molar-refractivity contribution >= 4 is 17.5 Å². The third-order valence-corrected chi connectivity index (χ3v) is 6.43. The summed E-state index contributed by atoms with van der Waals surface area (Å²) < 4.78 is 5.54. The summed E-state index contributed by atoms with van der Waals surface area (Å²) in [6.07, 6.45) is 6.21. The van der Waals surface area contributed by atoms with Crippen LogP contribution < -0.4 is 5.32 Å². The number of rotatable bonds is 4. The van der Waals surface area contributed by atoms with Gasteiger partial charge in [0.05, 0.1) is 5.41 Å². The maximum Gasteiger partial charge on any atom is 0.231 e. The molecule has 3 aliphatic rings. The van der Waals surface area contributed by atoms with Gasteiger partial charge >= 0.3 is 0 Å². The van der Waals surface area contributed by atoms with Gasteiger partial charge in [-0.25, -0.2) is 0 Å². The Morgan fingerprint density at radius 1 is 1.12 bits per heavy atom. The van der Waals surface area contributed by atoms with Gasteiger partial charge in [-0.15, -0.1) is 0 Å². The highest BCUT2D eigenvalue weighted by Gasteiger charge is 2.44. The van der Waals surface area contributed by atoms with Crippen molar-refractivity contribution in [2.45, 2.75) is 56.0 Å². The molecule has 2 saturated heterocycles. The van der Waals surface area contributed by atoms with E-state index in [1.54, 1.807) is 0 Å². The lowest BCUT2D eigenvalue weighted by molar-refractivity contribution is -0.131. The Hall–Kier alpha value is -1.10. The molecule has 25 heavy (non-hydrogen) atoms. The van der Waals surface area contributed by atoms with E-state index >= 15 is 0 Å². The fourth-order valence-corrected chi connectivity index (χ4v) is 4.68. The van der Waals surface area contributed by atoms with Crippen LogP contribution in [0.4, 0.5) is 0 Å². The Morgan fingerprint density at radius 2 is 1.80 bits per heavy atom. The summed E-state index contributed by atoms with van der Waals surface area (Å²) in [6, 6.07) is 8.88. The van der Waals surface area contributed by atoms with E-state index in [1.165, 1.54) is 12.8 Å². The Morgan fingerprint density at radius 3 is 2.44 bits per heavy atom. The Labute approximate surface area is 154 Å². The average Bonchev–Trinajstić information content (AvgIpc) is 3.48. The normalized spacial score (nSPS) is 24.8. The second-order valence-corrected chi connectivity index (χ2v) is 8.10. The van der Waals surface area contributed by atoms with Crippen molar-refractivity contribution in [1.29, 1.82) is 0 Å². The number of nitrogens with one attached hydrogen (secondary N) is 1. The fraction of sp³-hybridized carbons (Fsp3) is 0.650. The van der Waals surface area contributed by atoms with E-state index < -0.39 is 5.41 Å². The summed E-state index contributed by atoms with van der Waals surface area (Å²) in [6.45, 7) is 3.44. The van der Waals surface area contributed by atoms with Crippen molar-refractivity contribution in [3.05, 3.63) is 34.9 Å². The number of halogens is 1. The molecule has 1 amide bonds. The lowest BCUT2D eigenvalue weighted by Crippen LogP contribution is -2.53. The molecular weight excluding hydrogens is 336 g/mol. The van der Waals surface area contributed by atoms with E-state index in [9.17, 15) is 4.79 Å². The first-order valence-corrected chi connectivity index (χ1v) is 9.95. The van der Waals surface area contributed by atoms with Crippen molar-refractivity contribution in [2.24, 2.45) is 0 Å². The van der Waals surface area contributed by atoms with E-state index in [-0.39, 0.29) is 11.9 Å². The van der Waals surface area contributed by atoms with Gasteiger partial charge in [-0.2, -0.15) is 0 Å². The van der Waals surface area contributed by atoms with Crippen molar-refractivity contribution in [3.63, 3.8) is 0 Å². The van der Waals surface area contributed by atoms with Gasteiger partial charge in [-0.05, 0) is 50.2 Å². The molecule has 1 aromatic carbocycles. The molecule has 0 unspecified atom stereocenters. The number of likely N-dealkylation sites (tertiary alicyclic amines) is 1. The van der Waals surface area contributed by atoms with E-state index in [0.29, 0.717) is 31.1 Å². The number of carbonyl (C=O) groups excluding carboxylic acids is 1. The van der Waals surface area contributed by atoms with Crippen LogP contribution in [0.5, 0.6) is 0 Å². The number of amides is 1. The first-order chi connectivity index (χ1) is 12.2. The Balaban J connectivity index is 1.48. The number of carbonyl (C=O) groups is 1. The number of benzene rings is 1. The topological polar surface area (TPSA) is 41.6 Å². The number of hydrogen-bond donors (Lipinski definition) is 1. The zero-order valence-corrected chi connectivity index (χ0v) is 15.4. The highest BCUT2D eigenvalue weighted by atomic mass is 35.5. The van der Waals surface area contributed by atoms with Crippen molar-refractivity contribution in [1.82, 2.24) is 10.2 Å². The molecule has 0 bridgehead atoms. The summed E-state index contributed by atoms with van der Waals surface area (Å²) in [5, 5.41) is 4.04. The maximum absolute atomic E-state index is 13.3. The maximum atomic E-state index is 13.3. The summed E-state index contributed by atoms with van der Waals surface area (Å²) >= 11 is 6.47. The number of nitrogens with zero attached hydrogens (tertiary/aromatic N) is 1. The molecule has 4 rings (SSSR count). The second kappa shape index (κ2) is 7.26. The molecular formula is C20H27ClN2O2. The predicted molar refractivity (Wildman–Crippen MR) is 98.9 cm³/mol. The Kier molecular flexibility index (Phi) is 5.03. The van der Waals surface area contributed by atoms with Gasteiger partial charge < -0.3 is 15.0 Å². The lowest BCUT2D eigenvalue weighted by atomic mass is 9.73. The van der Waals surface area contributed by atoms with E-state index in [0.717, 1.165) is 37.5 Å². The summed E-state index contributed by atoms with van der Waals surface area (Å²) in [7, 11) is 0. The van der Waals surface area contributed by atoms with Crippen LogP contribution in [0.15, 0.2) is 24.3 Å². The number of hydrogen-bond acceptors (Lipinski definition) is 3. The van der Waals surface area contributed by atoms with Crippen LogP contribution in [0, 0.1) is 0 Å². The molecule has 136 valence electrons. The van der Waals surface area contributed by atoms with Crippen LogP contribution >= 0.6 is 11.6 Å². The monoisotopic (exact) mass is 362 g/mol. The summed E-state index contributed by atoms with van der Waals surface area (Å²) in [4.78, 5) is 15.9. The fourth-order valence-electron chi connectivity index (χ4n) is 4.36. The van der Waals surface area contributed by atoms with Gasteiger partial charge in [-0.1, -0.05) is 29.8 Å². The minimum atomic E-state index is -0.551. The molecule has 1 aliphatic carbocycles. The largest absolute Gasteiger partial charge is 0.381 e. The lowest BCUT2D eigenvalue weighted by Gasteiger charge is -2.39. The van der Waals surface area contributed by atoms with Crippen molar-refractivity contribution in [2.75, 3.05) is 26.3 Å². The Bertz CT molecular complexity index is 618. The number of ether oxygens (including phenoxy) is 1. The minimum Gasteiger partial charge on any atom is -0.381 e. The van der Waals surface area contributed by atoms with Crippen LogP contribution in [0.25, 0.3) is 0 Å². The first-order valence-electron chi connectivity index (χ1n) is 9.57. The highest BCUT2D eigenvalue weighted by Crippen LogP contribution is 2.39. The third-order valence-electron chi connectivity index (χ3n) is 6.10. The second-order valence-electron chi connectivity index (χ2n) is 7.69. The average molecular weight is 363 g/mol. The highest BCUT2D eigenvalue weighted by molar-refractivity contribution is 6.31. The van der Waals surface area contributed by atoms with Crippen molar-refractivity contribution < 1.29 is 9.53 Å². The molecule has 4 nitrogen and oxygen atoms in total. The smallest absolute Gasteiger partial charge is 0.231 e. The van der Waals surface area contributed by atoms with Gasteiger partial charge in [0.15, 0.2) is 0 Å². The van der Waals surface area contributed by atoms with Crippen LogP contribution in [-0.2, 0) is 14.9 Å². The molecule has 0 aromatic heterocycles. The zero-order valence-electron chi connectivity index (χ0n) is 14.7. The van der Waals surface area contributed by atoms with Crippen molar-refractivity contribution in [3.8, 4) is 0 Å². The van der Waals surface area contributed by atoms with Gasteiger partial charge in [0.2, 0.25) is 5.91 Å². The van der Waals surface area contributed by atoms with Crippen LogP contribution in [0.1, 0.15) is 44.1 Å². The first kappa shape index (κ1) is 17.3. The molecule has 1 N–H and O–H groups in total. The minimum absolute atomic E-state index is 0.133. The zero-order chi connectivity index (χ0) is 17.3. The molecule has 5 heteroatoms. The molecule has 3 fully saturated rings. The number of piperidine rings is 1. The van der Waals surface area contributed by atoms with Crippen LogP contribution in [0.2, 0.25) is 5.02 Å². The summed E-state index contributed by atoms with van der Waals surface area (Å²) in [5.41, 5.74) is 0.400. The third kappa shape index (κ3) is 3.57. The van der Waals surface area contributed by atoms with Gasteiger partial charge in [0.1, 0.15) is 0 Å². The molecule has 1 saturated carbocycles. The standard InChI is InChI=1S/C20H27ClN2O2/c21-18-4-2-1-3-17(18)20(9-13-25-14-10-20)19(24)22-15-7-11-23(12-8-15)16-5-6-16/h1-4,15-16H,5-14H2,(H,22,24). The van der Waals surface area contributed by atoms with Gasteiger partial charge in [0.25, 0.3) is 0 Å². The molecule has 0 spiro atoms. The summed E-state index contributed by atoms with van der Waals surface area (Å²) in [5.74, 6) is 0.133. The predicted octanol–water partition coefficient (Wildman–Crippen LogP) is 3.13. The van der Waals surface area contributed by atoms with E-state index in [2.05, 4.69) is 10.2 Å². The van der Waals surface area contributed by atoms with Crippen LogP contribution in [-0.4, -0.2) is 49.2 Å². The molecule has 1 aromatic rings. The molecule has 2 heterocycles.